The fourth-order valence-electron chi connectivity index (χ4n) is 3.56. The third kappa shape index (κ3) is 1.85. The minimum Gasteiger partial charge on any atom is -0.399 e. The number of aromatic nitrogens is 2. The number of nitrogens with two attached hydrogens (primary N) is 1. The normalized spacial score (nSPS) is 12.7. The van der Waals surface area contributed by atoms with E-state index < -0.39 is 17.3 Å². The van der Waals surface area contributed by atoms with Crippen LogP contribution in [0.1, 0.15) is 5.56 Å². The van der Waals surface area contributed by atoms with E-state index in [1.54, 1.807) is 18.2 Å². The molecule has 128 valence electrons. The molecule has 0 saturated carbocycles. The third-order valence-corrected chi connectivity index (χ3v) is 4.66. The largest absolute Gasteiger partial charge is 0.416 e. The fourth-order valence-corrected chi connectivity index (χ4v) is 3.56. The second kappa shape index (κ2) is 4.63. The van der Waals surface area contributed by atoms with E-state index in [0.717, 1.165) is 17.5 Å². The van der Waals surface area contributed by atoms with Crippen LogP contribution in [0.25, 0.3) is 38.2 Å². The van der Waals surface area contributed by atoms with Gasteiger partial charge in [-0.3, -0.25) is 9.20 Å². The standard InChI is InChI=1S/C19H10F3N3O/c20-19(21,22)10-4-5-14-15(7-10)25-17(24-14)12-3-1-2-9-6-11(23)8-13(16(9)12)18(25)26/h1-8H,23H2. The Morgan fingerprint density at radius 1 is 1.00 bits per heavy atom. The molecule has 2 aromatic heterocycles. The van der Waals surface area contributed by atoms with Gasteiger partial charge >= 0.3 is 6.18 Å². The predicted molar refractivity (Wildman–Crippen MR) is 94.6 cm³/mol. The van der Waals surface area contributed by atoms with Crippen molar-refractivity contribution in [2.45, 2.75) is 6.18 Å². The van der Waals surface area contributed by atoms with Gasteiger partial charge in [0.25, 0.3) is 5.56 Å². The van der Waals surface area contributed by atoms with Gasteiger partial charge in [0.2, 0.25) is 0 Å². The first-order valence-electron chi connectivity index (χ1n) is 7.81. The van der Waals surface area contributed by atoms with Gasteiger partial charge in [-0.05, 0) is 35.7 Å². The Morgan fingerprint density at radius 2 is 1.81 bits per heavy atom. The predicted octanol–water partition coefficient (Wildman–Crippen LogP) is 4.19. The molecule has 5 aromatic rings. The summed E-state index contributed by atoms with van der Waals surface area (Å²) in [5.41, 5.74) is 5.87. The van der Waals surface area contributed by atoms with Gasteiger partial charge in [-0.25, -0.2) is 4.98 Å². The maximum Gasteiger partial charge on any atom is 0.416 e. The van der Waals surface area contributed by atoms with Gasteiger partial charge in [0.15, 0.2) is 0 Å². The number of hydrogen-bond acceptors (Lipinski definition) is 3. The highest BCUT2D eigenvalue weighted by atomic mass is 19.4. The molecule has 0 atom stereocenters. The summed E-state index contributed by atoms with van der Waals surface area (Å²) in [6.07, 6.45) is -4.50. The van der Waals surface area contributed by atoms with Gasteiger partial charge in [0, 0.05) is 16.5 Å². The van der Waals surface area contributed by atoms with Crippen molar-refractivity contribution in [2.75, 3.05) is 5.73 Å². The van der Waals surface area contributed by atoms with Crippen LogP contribution in [0.3, 0.4) is 0 Å². The average molecular weight is 353 g/mol. The van der Waals surface area contributed by atoms with E-state index in [2.05, 4.69) is 4.98 Å². The molecule has 0 amide bonds. The van der Waals surface area contributed by atoms with Crippen LogP contribution >= 0.6 is 0 Å². The summed E-state index contributed by atoms with van der Waals surface area (Å²) in [4.78, 5) is 17.5. The topological polar surface area (TPSA) is 60.4 Å². The van der Waals surface area contributed by atoms with E-state index in [-0.39, 0.29) is 5.52 Å². The van der Waals surface area contributed by atoms with Gasteiger partial charge in [-0.2, -0.15) is 13.2 Å². The maximum absolute atomic E-state index is 13.1. The highest BCUT2D eigenvalue weighted by molar-refractivity contribution is 6.16. The van der Waals surface area contributed by atoms with Gasteiger partial charge in [0.1, 0.15) is 5.65 Å². The minimum atomic E-state index is -4.50. The van der Waals surface area contributed by atoms with Crippen LogP contribution in [-0.2, 0) is 6.18 Å². The lowest BCUT2D eigenvalue weighted by molar-refractivity contribution is -0.137. The summed E-state index contributed by atoms with van der Waals surface area (Å²) in [7, 11) is 0. The Balaban J connectivity index is 2.08. The number of halogens is 3. The zero-order chi connectivity index (χ0) is 18.2. The van der Waals surface area contributed by atoms with Gasteiger partial charge in [-0.15, -0.1) is 0 Å². The monoisotopic (exact) mass is 353 g/mol. The Morgan fingerprint density at radius 3 is 2.58 bits per heavy atom. The van der Waals surface area contributed by atoms with Gasteiger partial charge in [-0.1, -0.05) is 18.2 Å². The Kier molecular flexibility index (Phi) is 2.66. The molecule has 2 N–H and O–H groups in total. The molecule has 3 aromatic carbocycles. The number of fused-ring (bicyclic) bond motifs is 4. The number of nitrogen functional groups attached to an aromatic ring is 1. The summed E-state index contributed by atoms with van der Waals surface area (Å²) in [6.45, 7) is 0. The molecular weight excluding hydrogens is 343 g/mol. The number of benzene rings is 3. The van der Waals surface area contributed by atoms with E-state index in [1.807, 2.05) is 12.1 Å². The summed E-state index contributed by atoms with van der Waals surface area (Å²) in [5, 5.41) is 2.56. The van der Waals surface area contributed by atoms with Crippen LogP contribution < -0.4 is 11.3 Å². The third-order valence-electron chi connectivity index (χ3n) is 4.66. The first-order valence-corrected chi connectivity index (χ1v) is 7.81. The number of imidazole rings is 1. The van der Waals surface area contributed by atoms with E-state index in [9.17, 15) is 18.0 Å². The molecule has 0 aliphatic carbocycles. The molecule has 4 nitrogen and oxygen atoms in total. The quantitative estimate of drug-likeness (QED) is 0.425. The zero-order valence-electron chi connectivity index (χ0n) is 13.1. The molecular formula is C19H10F3N3O. The highest BCUT2D eigenvalue weighted by Gasteiger charge is 2.31. The lowest BCUT2D eigenvalue weighted by Crippen LogP contribution is -2.14. The molecule has 0 spiro atoms. The van der Waals surface area contributed by atoms with Crippen LogP contribution in [0.4, 0.5) is 18.9 Å². The molecule has 5 rings (SSSR count). The van der Waals surface area contributed by atoms with Gasteiger partial charge < -0.3 is 5.73 Å². The zero-order valence-corrected chi connectivity index (χ0v) is 13.1. The molecule has 0 aliphatic heterocycles. The summed E-state index contributed by atoms with van der Waals surface area (Å²) in [6, 6.07) is 12.0. The van der Waals surface area contributed by atoms with Crippen LogP contribution in [0.2, 0.25) is 0 Å². The highest BCUT2D eigenvalue weighted by Crippen LogP contribution is 2.34. The number of pyridine rings is 1. The molecule has 0 unspecified atom stereocenters. The smallest absolute Gasteiger partial charge is 0.399 e. The van der Waals surface area contributed by atoms with Crippen LogP contribution in [-0.4, -0.2) is 9.38 Å². The van der Waals surface area contributed by atoms with E-state index in [4.69, 9.17) is 5.73 Å². The number of alkyl halides is 3. The molecule has 0 fully saturated rings. The first kappa shape index (κ1) is 14.9. The fraction of sp³-hybridized carbons (Fsp3) is 0.0526. The average Bonchev–Trinajstić information content (AvgIpc) is 2.97. The number of anilines is 1. The SMILES string of the molecule is Nc1cc2cccc3c2c(c1)c(=O)n1c2cc(C(F)(F)F)ccc2nc31. The van der Waals surface area contributed by atoms with Gasteiger partial charge in [0.05, 0.1) is 22.0 Å². The van der Waals surface area contributed by atoms with E-state index in [1.165, 1.54) is 10.5 Å². The maximum atomic E-state index is 13.1. The molecule has 0 radical (unpaired) electrons. The molecule has 7 heteroatoms. The molecule has 0 bridgehead atoms. The van der Waals surface area contributed by atoms with Crippen LogP contribution in [0.5, 0.6) is 0 Å². The van der Waals surface area contributed by atoms with Crippen molar-refractivity contribution in [2.24, 2.45) is 0 Å². The molecule has 0 saturated heterocycles. The Hall–Kier alpha value is -3.35. The van der Waals surface area contributed by atoms with Crippen molar-refractivity contribution < 1.29 is 13.2 Å². The Bertz CT molecular complexity index is 1400. The number of rotatable bonds is 0. The summed E-state index contributed by atoms with van der Waals surface area (Å²) >= 11 is 0. The first-order chi connectivity index (χ1) is 12.3. The van der Waals surface area contributed by atoms with Crippen LogP contribution in [0, 0.1) is 0 Å². The minimum absolute atomic E-state index is 0.130. The summed E-state index contributed by atoms with van der Waals surface area (Å²) in [5.74, 6) is 0. The second-order valence-electron chi connectivity index (χ2n) is 6.25. The van der Waals surface area contributed by atoms with Crippen molar-refractivity contribution >= 4 is 43.9 Å². The van der Waals surface area contributed by atoms with Crippen molar-refractivity contribution in [1.82, 2.24) is 9.38 Å². The molecule has 0 aliphatic rings. The molecule has 2 heterocycles. The van der Waals surface area contributed by atoms with Crippen LogP contribution in [0.15, 0.2) is 53.3 Å². The molecule has 26 heavy (non-hydrogen) atoms. The van der Waals surface area contributed by atoms with Crippen molar-refractivity contribution in [1.29, 1.82) is 0 Å². The van der Waals surface area contributed by atoms with E-state index in [0.29, 0.717) is 33.0 Å². The Labute approximate surface area is 143 Å². The summed E-state index contributed by atoms with van der Waals surface area (Å²) < 4.78 is 40.5. The van der Waals surface area contributed by atoms with Crippen molar-refractivity contribution in [3.63, 3.8) is 0 Å². The van der Waals surface area contributed by atoms with E-state index >= 15 is 0 Å². The lowest BCUT2D eigenvalue weighted by Gasteiger charge is -2.09. The van der Waals surface area contributed by atoms with Crippen molar-refractivity contribution in [3.05, 3.63) is 64.4 Å². The second-order valence-corrected chi connectivity index (χ2v) is 6.25. The number of nitrogens with zero attached hydrogens (tertiary/aromatic N) is 2. The lowest BCUT2D eigenvalue weighted by atomic mass is 10.0. The van der Waals surface area contributed by atoms with Crippen molar-refractivity contribution in [3.8, 4) is 0 Å². The number of hydrogen-bond donors (Lipinski definition) is 1.